The van der Waals surface area contributed by atoms with Crippen LogP contribution in [0.1, 0.15) is 28.4 Å². The molecule has 0 N–H and O–H groups in total. The van der Waals surface area contributed by atoms with Gasteiger partial charge in [0.2, 0.25) is 0 Å². The highest BCUT2D eigenvalue weighted by molar-refractivity contribution is 7.91. The third-order valence-corrected chi connectivity index (χ3v) is 5.44. The van der Waals surface area contributed by atoms with Crippen LogP contribution >= 0.6 is 0 Å². The molecule has 0 fully saturated rings. The van der Waals surface area contributed by atoms with Gasteiger partial charge in [0.05, 0.1) is 27.8 Å². The van der Waals surface area contributed by atoms with Gasteiger partial charge in [-0.1, -0.05) is 31.2 Å². The molecule has 0 heterocycles. The van der Waals surface area contributed by atoms with E-state index in [1.54, 1.807) is 44.3 Å². The van der Waals surface area contributed by atoms with Crippen LogP contribution in [0.2, 0.25) is 0 Å². The van der Waals surface area contributed by atoms with Gasteiger partial charge >= 0.3 is 0 Å². The molecule has 0 saturated heterocycles. The van der Waals surface area contributed by atoms with Crippen molar-refractivity contribution in [2.45, 2.75) is 18.4 Å². The highest BCUT2D eigenvalue weighted by atomic mass is 32.2. The van der Waals surface area contributed by atoms with Crippen LogP contribution in [0.15, 0.2) is 53.4 Å². The third-order valence-electron chi connectivity index (χ3n) is 3.66. The lowest BCUT2D eigenvalue weighted by molar-refractivity contribution is 0.0781. The molecule has 0 saturated carbocycles. The van der Waals surface area contributed by atoms with E-state index in [0.717, 1.165) is 5.56 Å². The zero-order valence-corrected chi connectivity index (χ0v) is 14.4. The van der Waals surface area contributed by atoms with Crippen LogP contribution in [-0.4, -0.2) is 32.0 Å². The van der Waals surface area contributed by atoms with Crippen molar-refractivity contribution in [3.8, 4) is 6.07 Å². The van der Waals surface area contributed by atoms with Gasteiger partial charge in [-0.05, 0) is 29.8 Å². The van der Waals surface area contributed by atoms with Crippen LogP contribution in [-0.2, 0) is 16.4 Å². The predicted octanol–water partition coefficient (Wildman–Crippen LogP) is 2.62. The summed E-state index contributed by atoms with van der Waals surface area (Å²) < 4.78 is 24.4. The van der Waals surface area contributed by atoms with E-state index in [-0.39, 0.29) is 28.7 Å². The van der Waals surface area contributed by atoms with Crippen LogP contribution in [0.4, 0.5) is 0 Å². The SMILES string of the molecule is CCS(=O)(=O)c1ccccc1C(=O)N(C)Cc1cccc(C#N)c1. The molecule has 0 aliphatic carbocycles. The van der Waals surface area contributed by atoms with E-state index < -0.39 is 9.84 Å². The smallest absolute Gasteiger partial charge is 0.255 e. The fourth-order valence-corrected chi connectivity index (χ4v) is 3.45. The number of nitriles is 1. The lowest BCUT2D eigenvalue weighted by atomic mass is 10.1. The van der Waals surface area contributed by atoms with Crippen molar-refractivity contribution in [3.05, 3.63) is 65.2 Å². The van der Waals surface area contributed by atoms with Crippen LogP contribution in [0.5, 0.6) is 0 Å². The summed E-state index contributed by atoms with van der Waals surface area (Å²) in [7, 11) is -1.87. The number of hydrogen-bond donors (Lipinski definition) is 0. The highest BCUT2D eigenvalue weighted by Gasteiger charge is 2.22. The maximum absolute atomic E-state index is 12.7. The molecule has 0 unspecified atom stereocenters. The van der Waals surface area contributed by atoms with Crippen LogP contribution in [0, 0.1) is 11.3 Å². The van der Waals surface area contributed by atoms with Crippen molar-refractivity contribution in [1.29, 1.82) is 5.26 Å². The molecule has 0 aliphatic rings. The summed E-state index contributed by atoms with van der Waals surface area (Å²) in [6, 6.07) is 15.2. The molecule has 124 valence electrons. The second-order valence-corrected chi connectivity index (χ2v) is 7.62. The first-order chi connectivity index (χ1) is 11.4. The number of carbonyl (C=O) groups is 1. The number of sulfone groups is 1. The van der Waals surface area contributed by atoms with E-state index >= 15 is 0 Å². The van der Waals surface area contributed by atoms with Gasteiger partial charge < -0.3 is 4.90 Å². The lowest BCUT2D eigenvalue weighted by Gasteiger charge is -2.19. The Kier molecular flexibility index (Phi) is 5.37. The third kappa shape index (κ3) is 3.81. The van der Waals surface area contributed by atoms with Gasteiger partial charge in [0.1, 0.15) is 0 Å². The number of amides is 1. The van der Waals surface area contributed by atoms with Crippen molar-refractivity contribution in [2.24, 2.45) is 0 Å². The standard InChI is InChI=1S/C18H18N2O3S/c1-3-24(22,23)17-10-5-4-9-16(17)18(21)20(2)13-15-8-6-7-14(11-15)12-19/h4-11H,3,13H2,1-2H3. The zero-order valence-electron chi connectivity index (χ0n) is 13.6. The Labute approximate surface area is 142 Å². The molecule has 5 nitrogen and oxygen atoms in total. The molecule has 2 aromatic carbocycles. The van der Waals surface area contributed by atoms with Gasteiger partial charge in [0.25, 0.3) is 5.91 Å². The minimum absolute atomic E-state index is 0.0510. The first-order valence-corrected chi connectivity index (χ1v) is 9.10. The minimum atomic E-state index is -3.48. The first kappa shape index (κ1) is 17.7. The largest absolute Gasteiger partial charge is 0.337 e. The molecular formula is C18H18N2O3S. The van der Waals surface area contributed by atoms with E-state index in [1.165, 1.54) is 17.0 Å². The number of carbonyl (C=O) groups excluding carboxylic acids is 1. The maximum Gasteiger partial charge on any atom is 0.255 e. The van der Waals surface area contributed by atoms with E-state index in [9.17, 15) is 13.2 Å². The Morgan fingerprint density at radius 3 is 2.54 bits per heavy atom. The van der Waals surface area contributed by atoms with Gasteiger partial charge in [-0.15, -0.1) is 0 Å². The molecule has 0 aromatic heterocycles. The van der Waals surface area contributed by atoms with Gasteiger partial charge in [-0.3, -0.25) is 4.79 Å². The second kappa shape index (κ2) is 7.28. The summed E-state index contributed by atoms with van der Waals surface area (Å²) in [5, 5.41) is 8.94. The monoisotopic (exact) mass is 342 g/mol. The fraction of sp³-hybridized carbons (Fsp3) is 0.222. The average molecular weight is 342 g/mol. The summed E-state index contributed by atoms with van der Waals surface area (Å²) in [5.74, 6) is -0.435. The van der Waals surface area contributed by atoms with Gasteiger partial charge in [-0.2, -0.15) is 5.26 Å². The maximum atomic E-state index is 12.7. The Bertz CT molecular complexity index is 898. The molecule has 0 bridgehead atoms. The van der Waals surface area contributed by atoms with E-state index in [1.807, 2.05) is 6.07 Å². The number of rotatable bonds is 5. The minimum Gasteiger partial charge on any atom is -0.337 e. The van der Waals surface area contributed by atoms with Gasteiger partial charge in [-0.25, -0.2) is 8.42 Å². The average Bonchev–Trinajstić information content (AvgIpc) is 2.61. The predicted molar refractivity (Wildman–Crippen MR) is 91.1 cm³/mol. The van der Waals surface area contributed by atoms with Crippen molar-refractivity contribution in [2.75, 3.05) is 12.8 Å². The lowest BCUT2D eigenvalue weighted by Crippen LogP contribution is -2.28. The molecular weight excluding hydrogens is 324 g/mol. The summed E-state index contributed by atoms with van der Waals surface area (Å²) in [6.45, 7) is 1.84. The highest BCUT2D eigenvalue weighted by Crippen LogP contribution is 2.19. The number of nitrogens with zero attached hydrogens (tertiary/aromatic N) is 2. The van der Waals surface area contributed by atoms with Crippen LogP contribution in [0.25, 0.3) is 0 Å². The molecule has 0 spiro atoms. The van der Waals surface area contributed by atoms with Crippen molar-refractivity contribution >= 4 is 15.7 Å². The van der Waals surface area contributed by atoms with Crippen molar-refractivity contribution in [1.82, 2.24) is 4.90 Å². The van der Waals surface area contributed by atoms with E-state index in [2.05, 4.69) is 6.07 Å². The molecule has 2 rings (SSSR count). The number of hydrogen-bond acceptors (Lipinski definition) is 4. The summed E-state index contributed by atoms with van der Waals surface area (Å²) in [4.78, 5) is 14.2. The zero-order chi connectivity index (χ0) is 17.7. The molecule has 1 amide bonds. The molecule has 24 heavy (non-hydrogen) atoms. The van der Waals surface area contributed by atoms with Crippen LogP contribution in [0.3, 0.4) is 0 Å². The topological polar surface area (TPSA) is 78.2 Å². The van der Waals surface area contributed by atoms with Gasteiger partial charge in [0, 0.05) is 13.6 Å². The van der Waals surface area contributed by atoms with Crippen LogP contribution < -0.4 is 0 Å². The molecule has 0 radical (unpaired) electrons. The molecule has 0 atom stereocenters. The second-order valence-electron chi connectivity index (χ2n) is 5.37. The number of benzene rings is 2. The summed E-state index contributed by atoms with van der Waals surface area (Å²) in [6.07, 6.45) is 0. The Morgan fingerprint density at radius 2 is 1.88 bits per heavy atom. The Morgan fingerprint density at radius 1 is 1.17 bits per heavy atom. The summed E-state index contributed by atoms with van der Waals surface area (Å²) >= 11 is 0. The van der Waals surface area contributed by atoms with Crippen molar-refractivity contribution in [3.63, 3.8) is 0 Å². The Balaban J connectivity index is 2.31. The van der Waals surface area contributed by atoms with E-state index in [4.69, 9.17) is 5.26 Å². The normalized spacial score (nSPS) is 10.9. The molecule has 2 aromatic rings. The van der Waals surface area contributed by atoms with Gasteiger partial charge in [0.15, 0.2) is 9.84 Å². The van der Waals surface area contributed by atoms with E-state index in [0.29, 0.717) is 5.56 Å². The molecule has 6 heteroatoms. The summed E-state index contributed by atoms with van der Waals surface area (Å²) in [5.41, 5.74) is 1.49. The Hall–Kier alpha value is -2.65. The quantitative estimate of drug-likeness (QED) is 0.837. The first-order valence-electron chi connectivity index (χ1n) is 7.45. The fourth-order valence-electron chi connectivity index (χ4n) is 2.36. The molecule has 0 aliphatic heterocycles. The van der Waals surface area contributed by atoms with Crippen molar-refractivity contribution < 1.29 is 13.2 Å².